The van der Waals surface area contributed by atoms with E-state index in [9.17, 15) is 0 Å². The fourth-order valence-corrected chi connectivity index (χ4v) is 5.98. The molecule has 7 nitrogen and oxygen atoms in total. The van der Waals surface area contributed by atoms with Crippen molar-refractivity contribution in [2.24, 2.45) is 0 Å². The summed E-state index contributed by atoms with van der Waals surface area (Å²) in [6.07, 6.45) is 3.85. The predicted octanol–water partition coefficient (Wildman–Crippen LogP) is 5.68. The van der Waals surface area contributed by atoms with Gasteiger partial charge in [-0.1, -0.05) is 29.5 Å². The number of methoxy groups -OCH3 is 2. The SMILES string of the molecule is COc1ccc(N2C(=S)N[C@H](c3ccccn3)[C@H]2c2cccn2-c2nc3ccccc3s2)c(OC)c1. The molecule has 0 aliphatic carbocycles. The van der Waals surface area contributed by atoms with E-state index in [4.69, 9.17) is 26.7 Å². The Morgan fingerprint density at radius 2 is 1.83 bits per heavy atom. The third-order valence-corrected chi connectivity index (χ3v) is 7.67. The lowest BCUT2D eigenvalue weighted by atomic mass is 10.0. The average molecular weight is 514 g/mol. The van der Waals surface area contributed by atoms with Crippen LogP contribution in [0, 0.1) is 0 Å². The lowest BCUT2D eigenvalue weighted by molar-refractivity contribution is 0.394. The first-order valence-corrected chi connectivity index (χ1v) is 12.7. The molecule has 2 aromatic carbocycles. The van der Waals surface area contributed by atoms with Gasteiger partial charge < -0.3 is 19.7 Å². The molecule has 0 unspecified atom stereocenters. The first kappa shape index (κ1) is 22.5. The lowest BCUT2D eigenvalue weighted by Crippen LogP contribution is -2.30. The second-order valence-electron chi connectivity index (χ2n) is 8.30. The Kier molecular flexibility index (Phi) is 5.79. The zero-order valence-corrected chi connectivity index (χ0v) is 21.3. The molecule has 0 radical (unpaired) electrons. The minimum Gasteiger partial charge on any atom is -0.497 e. The maximum Gasteiger partial charge on any atom is 0.194 e. The molecule has 5 aromatic rings. The quantitative estimate of drug-likeness (QED) is 0.293. The molecule has 9 heteroatoms. The van der Waals surface area contributed by atoms with E-state index in [-0.39, 0.29) is 12.1 Å². The van der Waals surface area contributed by atoms with Crippen molar-refractivity contribution in [1.82, 2.24) is 19.9 Å². The molecule has 1 fully saturated rings. The van der Waals surface area contributed by atoms with Crippen LogP contribution >= 0.6 is 23.6 Å². The van der Waals surface area contributed by atoms with Crippen LogP contribution in [0.15, 0.2) is 85.2 Å². The topological polar surface area (TPSA) is 64.4 Å². The van der Waals surface area contributed by atoms with Crippen molar-refractivity contribution < 1.29 is 9.47 Å². The number of fused-ring (bicyclic) bond motifs is 1. The Morgan fingerprint density at radius 3 is 2.61 bits per heavy atom. The summed E-state index contributed by atoms with van der Waals surface area (Å²) >= 11 is 7.57. The first-order chi connectivity index (χ1) is 17.7. The predicted molar refractivity (Wildman–Crippen MR) is 146 cm³/mol. The molecule has 3 aromatic heterocycles. The minimum absolute atomic E-state index is 0.187. The number of thiocarbonyl (C=S) groups is 1. The number of pyridine rings is 1. The number of rotatable bonds is 6. The summed E-state index contributed by atoms with van der Waals surface area (Å²) in [7, 11) is 3.29. The van der Waals surface area contributed by atoms with E-state index in [0.717, 1.165) is 32.4 Å². The molecule has 4 heterocycles. The van der Waals surface area contributed by atoms with E-state index in [1.807, 2.05) is 66.9 Å². The van der Waals surface area contributed by atoms with Gasteiger partial charge in [-0.15, -0.1) is 0 Å². The summed E-state index contributed by atoms with van der Waals surface area (Å²) in [6.45, 7) is 0. The van der Waals surface area contributed by atoms with Crippen LogP contribution in [0.5, 0.6) is 11.5 Å². The molecule has 1 saturated heterocycles. The Morgan fingerprint density at radius 1 is 0.972 bits per heavy atom. The molecule has 1 aliphatic heterocycles. The lowest BCUT2D eigenvalue weighted by Gasteiger charge is -2.29. The largest absolute Gasteiger partial charge is 0.497 e. The van der Waals surface area contributed by atoms with Crippen molar-refractivity contribution in [2.75, 3.05) is 19.1 Å². The summed E-state index contributed by atoms with van der Waals surface area (Å²) in [5, 5.41) is 5.01. The van der Waals surface area contributed by atoms with Gasteiger partial charge in [0.15, 0.2) is 10.2 Å². The molecule has 1 N–H and O–H groups in total. The maximum absolute atomic E-state index is 5.91. The van der Waals surface area contributed by atoms with Gasteiger partial charge in [-0.25, -0.2) is 4.98 Å². The summed E-state index contributed by atoms with van der Waals surface area (Å²) in [5.74, 6) is 1.38. The molecule has 6 rings (SSSR count). The number of hydrogen-bond donors (Lipinski definition) is 1. The van der Waals surface area contributed by atoms with Gasteiger partial charge in [-0.2, -0.15) is 0 Å². The van der Waals surface area contributed by atoms with Crippen LogP contribution in [0.4, 0.5) is 5.69 Å². The van der Waals surface area contributed by atoms with Crippen LogP contribution in [0.3, 0.4) is 0 Å². The Bertz CT molecular complexity index is 1520. The van der Waals surface area contributed by atoms with Gasteiger partial charge in [0.25, 0.3) is 0 Å². The van der Waals surface area contributed by atoms with Gasteiger partial charge in [-0.05, 0) is 60.7 Å². The summed E-state index contributed by atoms with van der Waals surface area (Å²) in [4.78, 5) is 11.7. The van der Waals surface area contributed by atoms with Crippen LogP contribution in [0.1, 0.15) is 23.5 Å². The van der Waals surface area contributed by atoms with Gasteiger partial charge in [0.05, 0.1) is 47.6 Å². The fourth-order valence-electron chi connectivity index (χ4n) is 4.67. The monoisotopic (exact) mass is 513 g/mol. The van der Waals surface area contributed by atoms with Crippen molar-refractivity contribution in [1.29, 1.82) is 0 Å². The summed E-state index contributed by atoms with van der Waals surface area (Å²) < 4.78 is 14.5. The fraction of sp³-hybridized carbons (Fsp3) is 0.148. The van der Waals surface area contributed by atoms with Gasteiger partial charge >= 0.3 is 0 Å². The number of ether oxygens (including phenoxy) is 2. The highest BCUT2D eigenvalue weighted by molar-refractivity contribution is 7.80. The molecule has 0 amide bonds. The van der Waals surface area contributed by atoms with Crippen molar-refractivity contribution >= 4 is 44.6 Å². The van der Waals surface area contributed by atoms with Crippen LogP contribution in [0.25, 0.3) is 15.3 Å². The summed E-state index contributed by atoms with van der Waals surface area (Å²) in [6, 6.07) is 23.6. The third-order valence-electron chi connectivity index (χ3n) is 6.32. The van der Waals surface area contributed by atoms with E-state index in [1.54, 1.807) is 31.8 Å². The number of benzene rings is 2. The van der Waals surface area contributed by atoms with E-state index in [2.05, 4.69) is 31.9 Å². The Balaban J connectivity index is 1.53. The number of aromatic nitrogens is 3. The number of hydrogen-bond acceptors (Lipinski definition) is 6. The molecular weight excluding hydrogens is 490 g/mol. The van der Waals surface area contributed by atoms with Gasteiger partial charge in [0, 0.05) is 18.5 Å². The van der Waals surface area contributed by atoms with E-state index >= 15 is 0 Å². The molecule has 1 aliphatic rings. The second-order valence-corrected chi connectivity index (χ2v) is 9.70. The summed E-state index contributed by atoms with van der Waals surface area (Å²) in [5.41, 5.74) is 3.76. The van der Waals surface area contributed by atoms with E-state index < -0.39 is 0 Å². The normalized spacial score (nSPS) is 17.4. The highest BCUT2D eigenvalue weighted by Gasteiger charge is 2.43. The molecule has 36 heavy (non-hydrogen) atoms. The molecule has 0 saturated carbocycles. The number of nitrogens with zero attached hydrogens (tertiary/aromatic N) is 4. The maximum atomic E-state index is 5.91. The highest BCUT2D eigenvalue weighted by atomic mass is 32.1. The van der Waals surface area contributed by atoms with Crippen LogP contribution in [-0.2, 0) is 0 Å². The van der Waals surface area contributed by atoms with Crippen molar-refractivity contribution in [3.63, 3.8) is 0 Å². The molecule has 180 valence electrons. The molecule has 0 spiro atoms. The van der Waals surface area contributed by atoms with Crippen LogP contribution in [-0.4, -0.2) is 33.9 Å². The zero-order valence-electron chi connectivity index (χ0n) is 19.7. The Labute approximate surface area is 217 Å². The minimum atomic E-state index is -0.211. The first-order valence-electron chi connectivity index (χ1n) is 11.4. The molecule has 2 atom stereocenters. The van der Waals surface area contributed by atoms with Gasteiger partial charge in [0.2, 0.25) is 0 Å². The zero-order chi connectivity index (χ0) is 24.6. The highest BCUT2D eigenvalue weighted by Crippen LogP contribution is 2.46. The molecular formula is C27H23N5O2S2. The number of anilines is 1. The third kappa shape index (κ3) is 3.77. The standard InChI is InChI=1S/C27H23N5O2S2/c1-33-17-12-13-20(22(16-17)34-2)32-25(24(30-26(32)35)19-9-5-6-14-28-19)21-10-7-15-31(21)27-29-18-8-3-4-11-23(18)36-27/h3-16,24-25H,1-2H3,(H,30,35)/t24-,25-/m1/s1. The van der Waals surface area contributed by atoms with Gasteiger partial charge in [0.1, 0.15) is 17.5 Å². The van der Waals surface area contributed by atoms with Crippen LogP contribution in [0.2, 0.25) is 0 Å². The van der Waals surface area contributed by atoms with Crippen LogP contribution < -0.4 is 19.7 Å². The molecule has 0 bridgehead atoms. The number of thiazole rings is 1. The van der Waals surface area contributed by atoms with Crippen molar-refractivity contribution in [3.05, 3.63) is 96.6 Å². The van der Waals surface area contributed by atoms with E-state index in [1.165, 1.54) is 0 Å². The second kappa shape index (κ2) is 9.25. The van der Waals surface area contributed by atoms with Crippen molar-refractivity contribution in [2.45, 2.75) is 12.1 Å². The van der Waals surface area contributed by atoms with Gasteiger partial charge in [-0.3, -0.25) is 9.55 Å². The van der Waals surface area contributed by atoms with E-state index in [0.29, 0.717) is 16.6 Å². The number of nitrogens with one attached hydrogen (secondary N) is 1. The average Bonchev–Trinajstić information content (AvgIpc) is 3.65. The van der Waals surface area contributed by atoms with Crippen molar-refractivity contribution in [3.8, 4) is 16.6 Å². The Hall–Kier alpha value is -3.95. The number of para-hydroxylation sites is 1. The smallest absolute Gasteiger partial charge is 0.194 e.